The number of amides is 2. The van der Waals surface area contributed by atoms with Gasteiger partial charge in [-0.2, -0.15) is 10.4 Å². The number of fused-ring (bicyclic) bond motifs is 1. The van der Waals surface area contributed by atoms with Crippen molar-refractivity contribution in [2.24, 2.45) is 0 Å². The molecule has 4 heterocycles. The number of nitriles is 1. The van der Waals surface area contributed by atoms with Gasteiger partial charge in [0.25, 0.3) is 0 Å². The number of carbonyl (C=O) groups is 2. The Hall–Kier alpha value is -4.33. The van der Waals surface area contributed by atoms with E-state index < -0.39 is 11.7 Å². The molecule has 0 saturated carbocycles. The van der Waals surface area contributed by atoms with Crippen molar-refractivity contribution < 1.29 is 19.1 Å². The maximum absolute atomic E-state index is 12.5. The van der Waals surface area contributed by atoms with Gasteiger partial charge in [0.05, 0.1) is 30.1 Å². The smallest absolute Gasteiger partial charge is 0.408 e. The Morgan fingerprint density at radius 2 is 1.95 bits per heavy atom. The fourth-order valence-corrected chi connectivity index (χ4v) is 4.58. The van der Waals surface area contributed by atoms with Crippen molar-refractivity contribution in [1.29, 1.82) is 5.26 Å². The Morgan fingerprint density at radius 3 is 2.56 bits per heavy atom. The average Bonchev–Trinajstić information content (AvgIpc) is 3.30. The molecule has 0 bridgehead atoms. The van der Waals surface area contributed by atoms with E-state index in [1.807, 2.05) is 32.0 Å². The number of alkyl carbamates (subject to hydrolysis) is 1. The van der Waals surface area contributed by atoms with Gasteiger partial charge in [-0.1, -0.05) is 0 Å². The summed E-state index contributed by atoms with van der Waals surface area (Å²) in [4.78, 5) is 31.2. The lowest BCUT2D eigenvalue weighted by atomic mass is 9.89. The monoisotopic (exact) mass is 533 g/mol. The molecule has 2 amide bonds. The second-order valence-electron chi connectivity index (χ2n) is 10.8. The van der Waals surface area contributed by atoms with Crippen LogP contribution in [0.5, 0.6) is 5.75 Å². The van der Waals surface area contributed by atoms with E-state index in [0.717, 1.165) is 29.8 Å². The summed E-state index contributed by atoms with van der Waals surface area (Å²) in [5.41, 5.74) is 1.86. The highest BCUT2D eigenvalue weighted by molar-refractivity contribution is 5.85. The highest BCUT2D eigenvalue weighted by atomic mass is 16.6. The Morgan fingerprint density at radius 1 is 1.21 bits per heavy atom. The number of rotatable bonds is 7. The summed E-state index contributed by atoms with van der Waals surface area (Å²) in [7, 11) is 0. The molecular weight excluding hydrogens is 498 g/mol. The molecule has 39 heavy (non-hydrogen) atoms. The molecule has 0 atom stereocenters. The highest BCUT2D eigenvalue weighted by Gasteiger charge is 2.32. The molecule has 0 unspecified atom stereocenters. The summed E-state index contributed by atoms with van der Waals surface area (Å²) in [6, 6.07) is 8.07. The van der Waals surface area contributed by atoms with Crippen LogP contribution in [-0.2, 0) is 9.53 Å². The zero-order valence-electron chi connectivity index (χ0n) is 23.1. The zero-order chi connectivity index (χ0) is 28.2. The zero-order valence-corrected chi connectivity index (χ0v) is 23.1. The van der Waals surface area contributed by atoms with Crippen LogP contribution < -0.4 is 20.3 Å². The first kappa shape index (κ1) is 27.7. The van der Waals surface area contributed by atoms with E-state index in [0.29, 0.717) is 36.5 Å². The maximum Gasteiger partial charge on any atom is 0.408 e. The van der Waals surface area contributed by atoms with Crippen LogP contribution in [0.2, 0.25) is 0 Å². The Bertz CT molecular complexity index is 1380. The van der Waals surface area contributed by atoms with Gasteiger partial charge < -0.3 is 25.0 Å². The first-order valence-corrected chi connectivity index (χ1v) is 13.0. The number of aromatic nitrogens is 3. The number of ether oxygens (including phenoxy) is 2. The molecule has 11 nitrogen and oxygen atoms in total. The van der Waals surface area contributed by atoms with Crippen molar-refractivity contribution in [3.05, 3.63) is 42.4 Å². The highest BCUT2D eigenvalue weighted by Crippen LogP contribution is 2.32. The van der Waals surface area contributed by atoms with E-state index in [1.165, 1.54) is 0 Å². The van der Waals surface area contributed by atoms with Gasteiger partial charge in [0.15, 0.2) is 0 Å². The molecule has 206 valence electrons. The molecule has 1 aliphatic heterocycles. The Kier molecular flexibility index (Phi) is 7.95. The Balaban J connectivity index is 1.39. The summed E-state index contributed by atoms with van der Waals surface area (Å²) >= 11 is 0. The number of carbonyl (C=O) groups excluding carboxylic acids is 2. The van der Waals surface area contributed by atoms with E-state index in [1.54, 1.807) is 43.9 Å². The minimum absolute atomic E-state index is 0.139. The van der Waals surface area contributed by atoms with Gasteiger partial charge in [-0.05, 0) is 65.7 Å². The lowest BCUT2D eigenvalue weighted by molar-refractivity contribution is -0.122. The van der Waals surface area contributed by atoms with Crippen molar-refractivity contribution in [3.8, 4) is 22.9 Å². The second-order valence-corrected chi connectivity index (χ2v) is 10.8. The third kappa shape index (κ3) is 6.76. The number of hydrogen-bond acceptors (Lipinski definition) is 8. The molecule has 4 rings (SSSR count). The summed E-state index contributed by atoms with van der Waals surface area (Å²) in [6.07, 6.45) is 5.96. The second kappa shape index (κ2) is 11.2. The van der Waals surface area contributed by atoms with Gasteiger partial charge in [-0.25, -0.2) is 14.3 Å². The number of pyridine rings is 2. The van der Waals surface area contributed by atoms with Crippen LogP contribution in [0.3, 0.4) is 0 Å². The maximum atomic E-state index is 12.5. The van der Waals surface area contributed by atoms with Gasteiger partial charge >= 0.3 is 6.09 Å². The summed E-state index contributed by atoms with van der Waals surface area (Å²) in [5, 5.41) is 19.4. The van der Waals surface area contributed by atoms with E-state index in [2.05, 4.69) is 26.7 Å². The van der Waals surface area contributed by atoms with E-state index in [9.17, 15) is 14.9 Å². The van der Waals surface area contributed by atoms with Crippen LogP contribution in [0.25, 0.3) is 16.6 Å². The lowest BCUT2D eigenvalue weighted by Crippen LogP contribution is -2.55. The molecule has 0 radical (unpaired) electrons. The first-order valence-electron chi connectivity index (χ1n) is 13.0. The predicted molar refractivity (Wildman–Crippen MR) is 147 cm³/mol. The molecule has 1 fully saturated rings. The van der Waals surface area contributed by atoms with Gasteiger partial charge in [0, 0.05) is 36.0 Å². The minimum Gasteiger partial charge on any atom is -0.492 e. The molecule has 11 heteroatoms. The van der Waals surface area contributed by atoms with Crippen LogP contribution in [0.15, 0.2) is 36.8 Å². The van der Waals surface area contributed by atoms with Crippen LogP contribution in [0.4, 0.5) is 10.6 Å². The van der Waals surface area contributed by atoms with Crippen molar-refractivity contribution in [1.82, 2.24) is 25.2 Å². The summed E-state index contributed by atoms with van der Waals surface area (Å²) in [6.45, 7) is 11.1. The fraction of sp³-hybridized carbons (Fsp3) is 0.464. The third-order valence-corrected chi connectivity index (χ3v) is 6.50. The predicted octanol–water partition coefficient (Wildman–Crippen LogP) is 3.67. The van der Waals surface area contributed by atoms with E-state index in [4.69, 9.17) is 14.5 Å². The topological polar surface area (TPSA) is 134 Å². The van der Waals surface area contributed by atoms with Crippen molar-refractivity contribution in [2.75, 3.05) is 31.1 Å². The van der Waals surface area contributed by atoms with Crippen LogP contribution in [-0.4, -0.2) is 64.0 Å². The van der Waals surface area contributed by atoms with Crippen molar-refractivity contribution in [2.45, 2.75) is 58.6 Å². The first-order chi connectivity index (χ1) is 18.5. The average molecular weight is 534 g/mol. The fourth-order valence-electron chi connectivity index (χ4n) is 4.58. The molecule has 0 spiro atoms. The normalized spacial score (nSPS) is 14.9. The lowest BCUT2D eigenvalue weighted by Gasteiger charge is -2.40. The van der Waals surface area contributed by atoms with Crippen molar-refractivity contribution in [3.63, 3.8) is 0 Å². The third-order valence-electron chi connectivity index (χ3n) is 6.50. The van der Waals surface area contributed by atoms with Gasteiger partial charge in [-0.15, -0.1) is 0 Å². The number of nitrogens with one attached hydrogen (secondary N) is 2. The molecule has 3 aromatic heterocycles. The van der Waals surface area contributed by atoms with Crippen LogP contribution in [0, 0.1) is 11.3 Å². The number of piperidine rings is 1. The van der Waals surface area contributed by atoms with E-state index in [-0.39, 0.29) is 18.0 Å². The standard InChI is InChI=1S/C28H35N7O4/c1-6-38-21-13-22(25-20(14-29)16-32-35(25)18-21)19-7-8-23(30-15-19)34-11-9-28(5,10-12-34)33-24(36)17-31-26(37)39-27(2,3)4/h7-8,13,15-16,18H,6,9-12,17H2,1-5H3,(H,31,37)(H,33,36). The molecule has 0 aromatic carbocycles. The SMILES string of the molecule is CCOc1cc(-c2ccc(N3CCC(C)(NC(=O)CNC(=O)OC(C)(C)C)CC3)nc2)c2c(C#N)cnn2c1. The number of anilines is 1. The summed E-state index contributed by atoms with van der Waals surface area (Å²) in [5.74, 6) is 1.25. The minimum atomic E-state index is -0.620. The molecule has 1 aliphatic rings. The van der Waals surface area contributed by atoms with Crippen molar-refractivity contribution >= 4 is 23.3 Å². The number of nitrogens with zero attached hydrogens (tertiary/aromatic N) is 5. The van der Waals surface area contributed by atoms with Gasteiger partial charge in [-0.3, -0.25) is 4.79 Å². The molecule has 3 aromatic rings. The van der Waals surface area contributed by atoms with E-state index >= 15 is 0 Å². The molecule has 0 aliphatic carbocycles. The van der Waals surface area contributed by atoms with Crippen LogP contribution in [0.1, 0.15) is 53.0 Å². The summed E-state index contributed by atoms with van der Waals surface area (Å²) < 4.78 is 12.5. The molecular formula is C28H35N7O4. The Labute approximate surface area is 228 Å². The van der Waals surface area contributed by atoms with Gasteiger partial charge in [0.1, 0.15) is 29.8 Å². The number of hydrogen-bond donors (Lipinski definition) is 2. The quantitative estimate of drug-likeness (QED) is 0.470. The molecule has 2 N–H and O–H groups in total. The molecule has 1 saturated heterocycles. The van der Waals surface area contributed by atoms with Crippen LogP contribution >= 0.6 is 0 Å². The van der Waals surface area contributed by atoms with Gasteiger partial charge in [0.2, 0.25) is 5.91 Å². The largest absolute Gasteiger partial charge is 0.492 e.